The molecule has 0 fully saturated rings. The number of aromatic nitrogens is 1. The summed E-state index contributed by atoms with van der Waals surface area (Å²) in [6.07, 6.45) is 3.85. The molecule has 0 bridgehead atoms. The van der Waals surface area contributed by atoms with Gasteiger partial charge >= 0.3 is 0 Å². The lowest BCUT2D eigenvalue weighted by atomic mass is 10.2. The van der Waals surface area contributed by atoms with E-state index in [0.29, 0.717) is 5.02 Å². The predicted molar refractivity (Wildman–Crippen MR) is 75.5 cm³/mol. The molecule has 4 heteroatoms. The summed E-state index contributed by atoms with van der Waals surface area (Å²) in [4.78, 5) is 13.2. The van der Waals surface area contributed by atoms with Crippen molar-refractivity contribution in [3.05, 3.63) is 35.0 Å². The highest BCUT2D eigenvalue weighted by Gasteiger charge is 2.08. The summed E-state index contributed by atoms with van der Waals surface area (Å²) in [7, 11) is 4.11. The van der Waals surface area contributed by atoms with Gasteiger partial charge in [0.05, 0.1) is 5.52 Å². The van der Waals surface area contributed by atoms with Crippen molar-refractivity contribution in [2.75, 3.05) is 20.6 Å². The fourth-order valence-corrected chi connectivity index (χ4v) is 2.30. The third-order valence-electron chi connectivity index (χ3n) is 3.01. The molecule has 2 rings (SSSR count). The van der Waals surface area contributed by atoms with Crippen LogP contribution >= 0.6 is 11.6 Å². The summed E-state index contributed by atoms with van der Waals surface area (Å²) < 4.78 is 2.11. The first-order valence-electron chi connectivity index (χ1n) is 6.00. The lowest BCUT2D eigenvalue weighted by Crippen LogP contribution is -2.14. The van der Waals surface area contributed by atoms with Gasteiger partial charge in [0.2, 0.25) is 0 Å². The van der Waals surface area contributed by atoms with Crippen molar-refractivity contribution in [2.45, 2.75) is 13.0 Å². The standard InChI is InChI=1S/C14H17ClN2O/c1-16(2)6-3-7-17-9-11(10-18)13-5-4-12(15)8-14(13)17/h4-5,8-10H,3,6-7H2,1-2H3. The molecule has 0 radical (unpaired) electrons. The van der Waals surface area contributed by atoms with Gasteiger partial charge in [0.25, 0.3) is 0 Å². The Labute approximate surface area is 112 Å². The third-order valence-corrected chi connectivity index (χ3v) is 3.24. The van der Waals surface area contributed by atoms with Crippen LogP contribution in [0.5, 0.6) is 0 Å². The van der Waals surface area contributed by atoms with E-state index >= 15 is 0 Å². The number of carbonyl (C=O) groups excluding carboxylic acids is 1. The van der Waals surface area contributed by atoms with E-state index in [1.54, 1.807) is 0 Å². The molecule has 0 N–H and O–H groups in total. The van der Waals surface area contributed by atoms with E-state index in [1.165, 1.54) is 0 Å². The van der Waals surface area contributed by atoms with E-state index in [0.717, 1.165) is 42.3 Å². The van der Waals surface area contributed by atoms with Crippen LogP contribution in [0.2, 0.25) is 5.02 Å². The van der Waals surface area contributed by atoms with Gasteiger partial charge in [-0.25, -0.2) is 0 Å². The molecule has 0 amide bonds. The zero-order chi connectivity index (χ0) is 13.1. The van der Waals surface area contributed by atoms with Gasteiger partial charge in [-0.15, -0.1) is 0 Å². The van der Waals surface area contributed by atoms with E-state index in [1.807, 2.05) is 24.4 Å². The second-order valence-corrected chi connectivity index (χ2v) is 5.15. The first-order valence-corrected chi connectivity index (χ1v) is 6.38. The molecule has 0 aliphatic rings. The molecule has 3 nitrogen and oxygen atoms in total. The molecule has 0 saturated heterocycles. The minimum atomic E-state index is 0.701. The van der Waals surface area contributed by atoms with Gasteiger partial charge < -0.3 is 9.47 Å². The smallest absolute Gasteiger partial charge is 0.152 e. The summed E-state index contributed by atoms with van der Waals surface area (Å²) in [5, 5.41) is 1.67. The fraction of sp³-hybridized carbons (Fsp3) is 0.357. The van der Waals surface area contributed by atoms with Gasteiger partial charge in [-0.2, -0.15) is 0 Å². The average Bonchev–Trinajstić information content (AvgIpc) is 2.66. The summed E-state index contributed by atoms with van der Waals surface area (Å²) in [5.74, 6) is 0. The van der Waals surface area contributed by atoms with Crippen LogP contribution in [0, 0.1) is 0 Å². The maximum Gasteiger partial charge on any atom is 0.152 e. The van der Waals surface area contributed by atoms with Crippen LogP contribution in [-0.4, -0.2) is 36.4 Å². The molecule has 0 aliphatic heterocycles. The van der Waals surface area contributed by atoms with Crippen molar-refractivity contribution in [2.24, 2.45) is 0 Å². The molecule has 1 heterocycles. The molecule has 1 aromatic heterocycles. The minimum Gasteiger partial charge on any atom is -0.347 e. The van der Waals surface area contributed by atoms with Gasteiger partial charge in [-0.3, -0.25) is 4.79 Å². The second-order valence-electron chi connectivity index (χ2n) is 4.71. The molecule has 18 heavy (non-hydrogen) atoms. The molecule has 0 unspecified atom stereocenters. The highest BCUT2D eigenvalue weighted by Crippen LogP contribution is 2.24. The van der Waals surface area contributed by atoms with E-state index in [4.69, 9.17) is 11.6 Å². The first kappa shape index (κ1) is 13.1. The number of carbonyl (C=O) groups is 1. The second kappa shape index (κ2) is 5.55. The number of hydrogen-bond donors (Lipinski definition) is 0. The normalized spacial score (nSPS) is 11.3. The lowest BCUT2D eigenvalue weighted by Gasteiger charge is -2.10. The van der Waals surface area contributed by atoms with Crippen LogP contribution in [0.4, 0.5) is 0 Å². The van der Waals surface area contributed by atoms with Crippen LogP contribution in [0.1, 0.15) is 16.8 Å². The maximum absolute atomic E-state index is 11.0. The van der Waals surface area contributed by atoms with Crippen molar-refractivity contribution in [1.82, 2.24) is 9.47 Å². The zero-order valence-corrected chi connectivity index (χ0v) is 11.4. The lowest BCUT2D eigenvalue weighted by molar-refractivity contribution is 0.112. The first-order chi connectivity index (χ1) is 8.61. The highest BCUT2D eigenvalue weighted by atomic mass is 35.5. The molecular weight excluding hydrogens is 248 g/mol. The minimum absolute atomic E-state index is 0.701. The molecule has 96 valence electrons. The topological polar surface area (TPSA) is 25.2 Å². The van der Waals surface area contributed by atoms with Crippen LogP contribution < -0.4 is 0 Å². The van der Waals surface area contributed by atoms with Gasteiger partial charge in [0, 0.05) is 28.7 Å². The number of aldehydes is 1. The van der Waals surface area contributed by atoms with Crippen molar-refractivity contribution in [3.63, 3.8) is 0 Å². The number of fused-ring (bicyclic) bond motifs is 1. The summed E-state index contributed by atoms with van der Waals surface area (Å²) in [6.45, 7) is 1.92. The third kappa shape index (κ3) is 2.74. The zero-order valence-electron chi connectivity index (χ0n) is 10.7. The van der Waals surface area contributed by atoms with Crippen LogP contribution in [0.3, 0.4) is 0 Å². The molecule has 2 aromatic rings. The molecule has 0 spiro atoms. The Balaban J connectivity index is 2.31. The highest BCUT2D eigenvalue weighted by molar-refractivity contribution is 6.31. The Morgan fingerprint density at radius 1 is 1.39 bits per heavy atom. The van der Waals surface area contributed by atoms with E-state index in [9.17, 15) is 4.79 Å². The van der Waals surface area contributed by atoms with Crippen molar-refractivity contribution < 1.29 is 4.79 Å². The van der Waals surface area contributed by atoms with Crippen LogP contribution in [0.25, 0.3) is 10.9 Å². The van der Waals surface area contributed by atoms with Crippen molar-refractivity contribution >= 4 is 28.8 Å². The fourth-order valence-electron chi connectivity index (χ4n) is 2.13. The van der Waals surface area contributed by atoms with Gasteiger partial charge in [0.1, 0.15) is 0 Å². The molecule has 0 saturated carbocycles. The number of halogens is 1. The Kier molecular flexibility index (Phi) is 4.04. The van der Waals surface area contributed by atoms with E-state index in [2.05, 4.69) is 23.6 Å². The van der Waals surface area contributed by atoms with Crippen LogP contribution in [-0.2, 0) is 6.54 Å². The Hall–Kier alpha value is -1.32. The number of benzene rings is 1. The van der Waals surface area contributed by atoms with Gasteiger partial charge in [-0.1, -0.05) is 17.7 Å². The molecule has 0 atom stereocenters. The summed E-state index contributed by atoms with van der Waals surface area (Å²) in [5.41, 5.74) is 1.76. The SMILES string of the molecule is CN(C)CCCn1cc(C=O)c2ccc(Cl)cc21. The number of hydrogen-bond acceptors (Lipinski definition) is 2. The Morgan fingerprint density at radius 3 is 2.83 bits per heavy atom. The Bertz CT molecular complexity index is 560. The predicted octanol–water partition coefficient (Wildman–Crippen LogP) is 3.06. The average molecular weight is 265 g/mol. The molecule has 1 aromatic carbocycles. The number of nitrogens with zero attached hydrogens (tertiary/aromatic N) is 2. The van der Waals surface area contributed by atoms with Crippen LogP contribution in [0.15, 0.2) is 24.4 Å². The van der Waals surface area contributed by atoms with Gasteiger partial charge in [-0.05, 0) is 39.2 Å². The largest absolute Gasteiger partial charge is 0.347 e. The van der Waals surface area contributed by atoms with E-state index in [-0.39, 0.29) is 0 Å². The summed E-state index contributed by atoms with van der Waals surface area (Å²) in [6, 6.07) is 5.64. The van der Waals surface area contributed by atoms with Crippen molar-refractivity contribution in [3.8, 4) is 0 Å². The van der Waals surface area contributed by atoms with Crippen molar-refractivity contribution in [1.29, 1.82) is 0 Å². The maximum atomic E-state index is 11.0. The monoisotopic (exact) mass is 264 g/mol. The van der Waals surface area contributed by atoms with Gasteiger partial charge in [0.15, 0.2) is 6.29 Å². The molecule has 0 aliphatic carbocycles. The summed E-state index contributed by atoms with van der Waals surface area (Å²) >= 11 is 6.02. The Morgan fingerprint density at radius 2 is 2.17 bits per heavy atom. The van der Waals surface area contributed by atoms with E-state index < -0.39 is 0 Å². The quantitative estimate of drug-likeness (QED) is 0.776. The molecular formula is C14H17ClN2O. The number of rotatable bonds is 5. The number of aryl methyl sites for hydroxylation is 1.